The second-order valence-corrected chi connectivity index (χ2v) is 5.53. The van der Waals surface area contributed by atoms with Crippen LogP contribution in [0.15, 0.2) is 46.2 Å². The largest absolute Gasteiger partial charge is 0.388 e. The van der Waals surface area contributed by atoms with Crippen LogP contribution in [0.2, 0.25) is 0 Å². The molecule has 2 aromatic rings. The standard InChI is InChI=1S/C15H15N2S/c1-10-4-6-13(7-5-10)18-15-9-11(2)14(17-16)8-12(15)3/h4-9H,1-3H3/q+1. The summed E-state index contributed by atoms with van der Waals surface area (Å²) in [6.07, 6.45) is 0. The van der Waals surface area contributed by atoms with Crippen molar-refractivity contribution in [2.75, 3.05) is 0 Å². The van der Waals surface area contributed by atoms with Crippen LogP contribution in [0.25, 0.3) is 4.98 Å². The molecule has 2 nitrogen and oxygen atoms in total. The molecule has 2 rings (SSSR count). The van der Waals surface area contributed by atoms with Crippen molar-refractivity contribution in [2.24, 2.45) is 0 Å². The van der Waals surface area contributed by atoms with Crippen molar-refractivity contribution < 1.29 is 0 Å². The number of nitrogens with zero attached hydrogens (tertiary/aromatic N) is 2. The maximum atomic E-state index is 8.87. The highest BCUT2D eigenvalue weighted by Crippen LogP contribution is 2.34. The molecule has 0 aliphatic rings. The minimum atomic E-state index is 0.640. The lowest BCUT2D eigenvalue weighted by atomic mass is 10.1. The Kier molecular flexibility index (Phi) is 3.69. The molecule has 90 valence electrons. The van der Waals surface area contributed by atoms with Crippen molar-refractivity contribution in [1.82, 2.24) is 0 Å². The molecule has 0 spiro atoms. The summed E-state index contributed by atoms with van der Waals surface area (Å²) in [5, 5.41) is 8.87. The predicted molar refractivity (Wildman–Crippen MR) is 76.0 cm³/mol. The summed E-state index contributed by atoms with van der Waals surface area (Å²) < 4.78 is 0. The molecule has 0 radical (unpaired) electrons. The number of rotatable bonds is 2. The van der Waals surface area contributed by atoms with E-state index in [1.54, 1.807) is 11.8 Å². The van der Waals surface area contributed by atoms with Gasteiger partial charge in [0.05, 0.1) is 0 Å². The van der Waals surface area contributed by atoms with Gasteiger partial charge in [-0.15, -0.1) is 0 Å². The fraction of sp³-hybridized carbons (Fsp3) is 0.200. The lowest BCUT2D eigenvalue weighted by molar-refractivity contribution is 1.25. The van der Waals surface area contributed by atoms with Crippen LogP contribution in [0.1, 0.15) is 16.7 Å². The Balaban J connectivity index is 2.32. The summed E-state index contributed by atoms with van der Waals surface area (Å²) in [4.78, 5) is 5.70. The quantitative estimate of drug-likeness (QED) is 0.686. The predicted octanol–water partition coefficient (Wildman–Crippen LogP) is 5.25. The SMILES string of the molecule is Cc1ccc(Sc2cc(C)c([N+]#N)cc2C)cc1. The minimum absolute atomic E-state index is 0.640. The lowest BCUT2D eigenvalue weighted by Crippen LogP contribution is -1.83. The molecule has 0 saturated heterocycles. The van der Waals surface area contributed by atoms with Crippen LogP contribution in [0, 0.1) is 26.2 Å². The maximum Gasteiger partial charge on any atom is 0.388 e. The van der Waals surface area contributed by atoms with Gasteiger partial charge in [0, 0.05) is 21.4 Å². The summed E-state index contributed by atoms with van der Waals surface area (Å²) in [5.74, 6) is 0. The molecule has 0 bridgehead atoms. The third-order valence-corrected chi connectivity index (χ3v) is 4.02. The van der Waals surface area contributed by atoms with E-state index in [1.165, 1.54) is 15.4 Å². The third-order valence-electron chi connectivity index (χ3n) is 2.85. The van der Waals surface area contributed by atoms with E-state index in [0.29, 0.717) is 5.69 Å². The van der Waals surface area contributed by atoms with Crippen LogP contribution in [-0.2, 0) is 0 Å². The highest BCUT2D eigenvalue weighted by Gasteiger charge is 2.13. The van der Waals surface area contributed by atoms with Crippen LogP contribution in [-0.4, -0.2) is 0 Å². The van der Waals surface area contributed by atoms with E-state index in [0.717, 1.165) is 11.1 Å². The second kappa shape index (κ2) is 5.24. The molecule has 0 atom stereocenters. The number of hydrogen-bond acceptors (Lipinski definition) is 2. The van der Waals surface area contributed by atoms with Crippen LogP contribution in [0.5, 0.6) is 0 Å². The molecule has 3 heteroatoms. The summed E-state index contributed by atoms with van der Waals surface area (Å²) >= 11 is 1.73. The minimum Gasteiger partial charge on any atom is -0.0898 e. The zero-order chi connectivity index (χ0) is 13.1. The molecule has 0 aliphatic carbocycles. The molecule has 0 amide bonds. The van der Waals surface area contributed by atoms with Crippen LogP contribution >= 0.6 is 11.8 Å². The Bertz CT molecular complexity index is 610. The van der Waals surface area contributed by atoms with Gasteiger partial charge in [-0.3, -0.25) is 0 Å². The fourth-order valence-corrected chi connectivity index (χ4v) is 2.71. The van der Waals surface area contributed by atoms with Gasteiger partial charge in [0.15, 0.2) is 4.98 Å². The molecule has 0 aromatic heterocycles. The van der Waals surface area contributed by atoms with Crippen molar-refractivity contribution >= 4 is 17.4 Å². The smallest absolute Gasteiger partial charge is 0.0898 e. The van der Waals surface area contributed by atoms with E-state index in [1.807, 2.05) is 19.9 Å². The van der Waals surface area contributed by atoms with Gasteiger partial charge < -0.3 is 0 Å². The Hall–Kier alpha value is -1.79. The van der Waals surface area contributed by atoms with Crippen molar-refractivity contribution in [3.8, 4) is 0 Å². The maximum absolute atomic E-state index is 8.87. The molecule has 2 aromatic carbocycles. The van der Waals surface area contributed by atoms with Gasteiger partial charge in [-0.25, -0.2) is 0 Å². The first-order valence-electron chi connectivity index (χ1n) is 5.81. The number of benzene rings is 2. The molecule has 0 fully saturated rings. The topological polar surface area (TPSA) is 28.1 Å². The van der Waals surface area contributed by atoms with Gasteiger partial charge in [-0.1, -0.05) is 29.5 Å². The Morgan fingerprint density at radius 3 is 2.22 bits per heavy atom. The highest BCUT2D eigenvalue weighted by atomic mass is 32.2. The van der Waals surface area contributed by atoms with Gasteiger partial charge in [-0.05, 0) is 44.5 Å². The van der Waals surface area contributed by atoms with Crippen LogP contribution in [0.4, 0.5) is 5.69 Å². The normalized spacial score (nSPS) is 10.1. The van der Waals surface area contributed by atoms with E-state index < -0.39 is 0 Å². The Morgan fingerprint density at radius 2 is 1.61 bits per heavy atom. The van der Waals surface area contributed by atoms with E-state index in [2.05, 4.69) is 42.2 Å². The van der Waals surface area contributed by atoms with E-state index in [4.69, 9.17) is 5.39 Å². The van der Waals surface area contributed by atoms with Crippen molar-refractivity contribution in [3.05, 3.63) is 58.1 Å². The zero-order valence-electron chi connectivity index (χ0n) is 10.8. The van der Waals surface area contributed by atoms with E-state index >= 15 is 0 Å². The summed E-state index contributed by atoms with van der Waals surface area (Å²) in [6, 6.07) is 12.4. The van der Waals surface area contributed by atoms with Gasteiger partial charge in [0.1, 0.15) is 0 Å². The van der Waals surface area contributed by atoms with Gasteiger partial charge in [0.25, 0.3) is 0 Å². The molecule has 0 N–H and O–H groups in total. The molecule has 0 heterocycles. The molecular formula is C15H15N2S+. The monoisotopic (exact) mass is 255 g/mol. The average molecular weight is 255 g/mol. The van der Waals surface area contributed by atoms with Crippen molar-refractivity contribution in [2.45, 2.75) is 30.6 Å². The Labute approximate surface area is 112 Å². The molecule has 0 unspecified atom stereocenters. The fourth-order valence-electron chi connectivity index (χ4n) is 1.73. The van der Waals surface area contributed by atoms with Crippen LogP contribution < -0.4 is 0 Å². The average Bonchev–Trinajstić information content (AvgIpc) is 2.36. The molecule has 0 saturated carbocycles. The number of hydrogen-bond donors (Lipinski definition) is 0. The van der Waals surface area contributed by atoms with Gasteiger partial charge in [0.2, 0.25) is 5.39 Å². The number of diazo groups is 1. The van der Waals surface area contributed by atoms with E-state index in [-0.39, 0.29) is 0 Å². The molecular weight excluding hydrogens is 240 g/mol. The van der Waals surface area contributed by atoms with Gasteiger partial charge in [-0.2, -0.15) is 0 Å². The van der Waals surface area contributed by atoms with Crippen molar-refractivity contribution in [1.29, 1.82) is 5.39 Å². The highest BCUT2D eigenvalue weighted by molar-refractivity contribution is 7.99. The summed E-state index contributed by atoms with van der Waals surface area (Å²) in [6.45, 7) is 6.07. The lowest BCUT2D eigenvalue weighted by Gasteiger charge is -2.05. The van der Waals surface area contributed by atoms with Gasteiger partial charge >= 0.3 is 5.69 Å². The van der Waals surface area contributed by atoms with Crippen LogP contribution in [0.3, 0.4) is 0 Å². The first-order valence-corrected chi connectivity index (χ1v) is 6.62. The summed E-state index contributed by atoms with van der Waals surface area (Å²) in [5.41, 5.74) is 4.01. The van der Waals surface area contributed by atoms with E-state index in [9.17, 15) is 0 Å². The van der Waals surface area contributed by atoms with Crippen molar-refractivity contribution in [3.63, 3.8) is 0 Å². The molecule has 0 aliphatic heterocycles. The second-order valence-electron chi connectivity index (χ2n) is 4.42. The first-order chi connectivity index (χ1) is 8.60. The third kappa shape index (κ3) is 2.72. The first kappa shape index (κ1) is 12.7. The zero-order valence-corrected chi connectivity index (χ0v) is 11.6. The number of aryl methyl sites for hydroxylation is 3. The molecule has 18 heavy (non-hydrogen) atoms. The summed E-state index contributed by atoms with van der Waals surface area (Å²) in [7, 11) is 0. The Morgan fingerprint density at radius 1 is 0.944 bits per heavy atom.